The quantitative estimate of drug-likeness (QED) is 0.649. The fourth-order valence-electron chi connectivity index (χ4n) is 1.46. The number of nitrogen functional groups attached to an aromatic ring is 1. The van der Waals surface area contributed by atoms with Crippen LogP contribution in [-0.4, -0.2) is 47.3 Å². The monoisotopic (exact) mass is 260 g/mol. The maximum absolute atomic E-state index is 13.5. The molecule has 18 heavy (non-hydrogen) atoms. The van der Waals surface area contributed by atoms with Crippen molar-refractivity contribution in [1.82, 2.24) is 4.90 Å². The molecule has 0 bridgehead atoms. The molecule has 0 aliphatic heterocycles. The first-order chi connectivity index (χ1) is 8.51. The van der Waals surface area contributed by atoms with Crippen LogP contribution in [0.4, 0.5) is 14.5 Å². The van der Waals surface area contributed by atoms with Gasteiger partial charge in [0.2, 0.25) is 0 Å². The number of anilines is 1. The molecular formula is C11H14F2N2O3. The minimum absolute atomic E-state index is 0.0594. The third-order valence-corrected chi connectivity index (χ3v) is 2.34. The largest absolute Gasteiger partial charge is 0.396 e. The van der Waals surface area contributed by atoms with Crippen molar-refractivity contribution in [3.8, 4) is 0 Å². The van der Waals surface area contributed by atoms with Gasteiger partial charge in [-0.2, -0.15) is 0 Å². The van der Waals surface area contributed by atoms with Crippen molar-refractivity contribution in [2.45, 2.75) is 0 Å². The van der Waals surface area contributed by atoms with Gasteiger partial charge in [0.15, 0.2) is 0 Å². The maximum Gasteiger partial charge on any atom is 0.257 e. The number of nitrogens with two attached hydrogens (primary N) is 1. The molecular weight excluding hydrogens is 246 g/mol. The highest BCUT2D eigenvalue weighted by Crippen LogP contribution is 2.18. The van der Waals surface area contributed by atoms with E-state index in [9.17, 15) is 13.6 Å². The van der Waals surface area contributed by atoms with Gasteiger partial charge in [-0.1, -0.05) is 0 Å². The van der Waals surface area contributed by atoms with Crippen LogP contribution in [0, 0.1) is 11.6 Å². The second-order valence-corrected chi connectivity index (χ2v) is 3.59. The molecule has 4 N–H and O–H groups in total. The van der Waals surface area contributed by atoms with Crippen molar-refractivity contribution in [3.05, 3.63) is 29.3 Å². The summed E-state index contributed by atoms with van der Waals surface area (Å²) in [5.41, 5.74) is 4.53. The highest BCUT2D eigenvalue weighted by molar-refractivity contribution is 5.95. The Hall–Kier alpha value is -1.73. The van der Waals surface area contributed by atoms with Crippen LogP contribution in [-0.2, 0) is 0 Å². The van der Waals surface area contributed by atoms with Crippen LogP contribution < -0.4 is 5.73 Å². The van der Waals surface area contributed by atoms with Crippen LogP contribution >= 0.6 is 0 Å². The molecule has 0 spiro atoms. The summed E-state index contributed by atoms with van der Waals surface area (Å²) in [5, 5.41) is 17.5. The zero-order valence-corrected chi connectivity index (χ0v) is 9.57. The topological polar surface area (TPSA) is 86.8 Å². The molecule has 0 unspecified atom stereocenters. The van der Waals surface area contributed by atoms with Gasteiger partial charge in [-0.15, -0.1) is 0 Å². The number of aliphatic hydroxyl groups is 2. The van der Waals surface area contributed by atoms with Gasteiger partial charge in [0, 0.05) is 19.2 Å². The van der Waals surface area contributed by atoms with E-state index in [0.717, 1.165) is 11.0 Å². The zero-order valence-electron chi connectivity index (χ0n) is 9.57. The van der Waals surface area contributed by atoms with Crippen molar-refractivity contribution in [2.75, 3.05) is 32.0 Å². The molecule has 1 aromatic carbocycles. The molecule has 5 nitrogen and oxygen atoms in total. The second-order valence-electron chi connectivity index (χ2n) is 3.59. The van der Waals surface area contributed by atoms with E-state index in [-0.39, 0.29) is 32.0 Å². The predicted octanol–water partition coefficient (Wildman–Crippen LogP) is -0.0262. The molecule has 7 heteroatoms. The fraction of sp³-hybridized carbons (Fsp3) is 0.364. The lowest BCUT2D eigenvalue weighted by atomic mass is 10.1. The number of halogens is 2. The summed E-state index contributed by atoms with van der Waals surface area (Å²) in [5.74, 6) is -2.74. The fourth-order valence-corrected chi connectivity index (χ4v) is 1.46. The molecule has 0 heterocycles. The van der Waals surface area contributed by atoms with Crippen LogP contribution in [0.3, 0.4) is 0 Å². The van der Waals surface area contributed by atoms with E-state index in [0.29, 0.717) is 6.07 Å². The highest BCUT2D eigenvalue weighted by atomic mass is 19.1. The third-order valence-electron chi connectivity index (χ3n) is 2.34. The number of carbonyl (C=O) groups excluding carboxylic acids is 1. The third kappa shape index (κ3) is 3.14. The number of aliphatic hydroxyl groups excluding tert-OH is 2. The van der Waals surface area contributed by atoms with E-state index in [1.807, 2.05) is 0 Å². The van der Waals surface area contributed by atoms with E-state index >= 15 is 0 Å². The number of hydrogen-bond acceptors (Lipinski definition) is 4. The van der Waals surface area contributed by atoms with Crippen LogP contribution in [0.2, 0.25) is 0 Å². The molecule has 0 aliphatic rings. The average Bonchev–Trinajstić information content (AvgIpc) is 2.33. The Morgan fingerprint density at radius 3 is 2.22 bits per heavy atom. The molecule has 0 radical (unpaired) electrons. The van der Waals surface area contributed by atoms with Gasteiger partial charge in [0.25, 0.3) is 5.91 Å². The summed E-state index contributed by atoms with van der Waals surface area (Å²) in [7, 11) is 0. The summed E-state index contributed by atoms with van der Waals surface area (Å²) < 4.78 is 26.4. The zero-order chi connectivity index (χ0) is 13.7. The molecule has 0 saturated heterocycles. The van der Waals surface area contributed by atoms with Crippen molar-refractivity contribution >= 4 is 11.6 Å². The van der Waals surface area contributed by atoms with Crippen molar-refractivity contribution in [1.29, 1.82) is 0 Å². The van der Waals surface area contributed by atoms with Crippen molar-refractivity contribution in [2.24, 2.45) is 0 Å². The van der Waals surface area contributed by atoms with Crippen molar-refractivity contribution in [3.63, 3.8) is 0 Å². The van der Waals surface area contributed by atoms with Gasteiger partial charge in [-0.25, -0.2) is 8.78 Å². The summed E-state index contributed by atoms with van der Waals surface area (Å²) in [6.45, 7) is -0.777. The molecule has 1 amide bonds. The average molecular weight is 260 g/mol. The number of nitrogens with zero attached hydrogens (tertiary/aromatic N) is 1. The number of benzene rings is 1. The summed E-state index contributed by atoms with van der Waals surface area (Å²) in [4.78, 5) is 12.9. The lowest BCUT2D eigenvalue weighted by molar-refractivity contribution is 0.0680. The molecule has 100 valence electrons. The molecule has 0 aliphatic carbocycles. The molecule has 0 fully saturated rings. The number of amides is 1. The van der Waals surface area contributed by atoms with E-state index < -0.39 is 23.1 Å². The lowest BCUT2D eigenvalue weighted by Crippen LogP contribution is -2.36. The molecule has 0 aromatic heterocycles. The Bertz CT molecular complexity index is 435. The predicted molar refractivity (Wildman–Crippen MR) is 60.8 cm³/mol. The Labute approximate surface area is 102 Å². The van der Waals surface area contributed by atoms with Crippen LogP contribution in [0.15, 0.2) is 12.1 Å². The van der Waals surface area contributed by atoms with Gasteiger partial charge >= 0.3 is 0 Å². The van der Waals surface area contributed by atoms with Gasteiger partial charge in [0.05, 0.1) is 24.5 Å². The van der Waals surface area contributed by atoms with E-state index in [2.05, 4.69) is 0 Å². The van der Waals surface area contributed by atoms with Crippen LogP contribution in [0.5, 0.6) is 0 Å². The van der Waals surface area contributed by atoms with Gasteiger partial charge in [-0.05, 0) is 6.07 Å². The Balaban J connectivity index is 3.04. The van der Waals surface area contributed by atoms with E-state index in [4.69, 9.17) is 15.9 Å². The SMILES string of the molecule is Nc1cc(C(=O)N(CCO)CCO)c(F)cc1F. The van der Waals surface area contributed by atoms with E-state index in [1.54, 1.807) is 0 Å². The Morgan fingerprint density at radius 1 is 1.17 bits per heavy atom. The first-order valence-corrected chi connectivity index (χ1v) is 5.26. The number of rotatable bonds is 5. The second kappa shape index (κ2) is 6.27. The van der Waals surface area contributed by atoms with Gasteiger partial charge < -0.3 is 20.8 Å². The molecule has 0 atom stereocenters. The molecule has 1 aromatic rings. The minimum atomic E-state index is -1.03. The van der Waals surface area contributed by atoms with Gasteiger partial charge in [-0.3, -0.25) is 4.79 Å². The standard InChI is InChI=1S/C11H14F2N2O3/c12-8-6-9(13)10(14)5-7(8)11(18)15(1-3-16)2-4-17/h5-6,16-17H,1-4,14H2. The smallest absolute Gasteiger partial charge is 0.257 e. The Morgan fingerprint density at radius 2 is 1.72 bits per heavy atom. The maximum atomic E-state index is 13.5. The van der Waals surface area contributed by atoms with Crippen LogP contribution in [0.1, 0.15) is 10.4 Å². The van der Waals surface area contributed by atoms with Gasteiger partial charge in [0.1, 0.15) is 11.6 Å². The number of hydrogen-bond donors (Lipinski definition) is 3. The lowest BCUT2D eigenvalue weighted by Gasteiger charge is -2.21. The van der Waals surface area contributed by atoms with E-state index in [1.165, 1.54) is 0 Å². The number of carbonyl (C=O) groups is 1. The normalized spacial score (nSPS) is 10.4. The molecule has 0 saturated carbocycles. The minimum Gasteiger partial charge on any atom is -0.396 e. The first-order valence-electron chi connectivity index (χ1n) is 5.26. The van der Waals surface area contributed by atoms with Crippen molar-refractivity contribution < 1.29 is 23.8 Å². The summed E-state index contributed by atoms with van der Waals surface area (Å²) >= 11 is 0. The molecule has 1 rings (SSSR count). The summed E-state index contributed by atoms with van der Waals surface area (Å²) in [6, 6.07) is 1.42. The van der Waals surface area contributed by atoms with Crippen LogP contribution in [0.25, 0.3) is 0 Å². The Kier molecular flexibility index (Phi) is 4.99. The first kappa shape index (κ1) is 14.3. The summed E-state index contributed by atoms with van der Waals surface area (Å²) in [6.07, 6.45) is 0. The highest BCUT2D eigenvalue weighted by Gasteiger charge is 2.20.